The van der Waals surface area contributed by atoms with E-state index in [2.05, 4.69) is 31.2 Å². The maximum Gasteiger partial charge on any atom is 0.149 e. The van der Waals surface area contributed by atoms with Gasteiger partial charge < -0.3 is 15.8 Å². The molecule has 0 bridgehead atoms. The summed E-state index contributed by atoms with van der Waals surface area (Å²) in [5.74, 6) is 1.92. The van der Waals surface area contributed by atoms with Crippen LogP contribution in [-0.2, 0) is 6.54 Å². The van der Waals surface area contributed by atoms with Gasteiger partial charge in [-0.3, -0.25) is 0 Å². The highest BCUT2D eigenvalue weighted by Gasteiger charge is 2.02. The Morgan fingerprint density at radius 3 is 2.89 bits per heavy atom. The quantitative estimate of drug-likeness (QED) is 0.907. The molecule has 0 saturated heterocycles. The minimum Gasteiger partial charge on any atom is -0.496 e. The van der Waals surface area contributed by atoms with Crippen LogP contribution in [0.25, 0.3) is 0 Å². The van der Waals surface area contributed by atoms with E-state index < -0.39 is 0 Å². The van der Waals surface area contributed by atoms with Crippen LogP contribution in [0.2, 0.25) is 0 Å². The maximum absolute atomic E-state index is 5.59. The Kier molecular flexibility index (Phi) is 3.99. The third-order valence-corrected chi connectivity index (χ3v) is 2.95. The van der Waals surface area contributed by atoms with Crippen molar-refractivity contribution in [2.75, 3.05) is 18.2 Å². The van der Waals surface area contributed by atoms with Gasteiger partial charge in [-0.15, -0.1) is 0 Å². The van der Waals surface area contributed by atoms with Crippen LogP contribution in [0.3, 0.4) is 0 Å². The monoisotopic (exact) mass is 308 g/mol. The van der Waals surface area contributed by atoms with Crippen LogP contribution in [0.15, 0.2) is 34.9 Å². The van der Waals surface area contributed by atoms with Crippen LogP contribution in [0, 0.1) is 0 Å². The van der Waals surface area contributed by atoms with Crippen LogP contribution < -0.4 is 15.8 Å². The fourth-order valence-corrected chi connectivity index (χ4v) is 2.00. The molecule has 18 heavy (non-hydrogen) atoms. The van der Waals surface area contributed by atoms with Gasteiger partial charge in [0.05, 0.1) is 18.1 Å². The largest absolute Gasteiger partial charge is 0.496 e. The number of hydrogen-bond donors (Lipinski definition) is 2. The van der Waals surface area contributed by atoms with Crippen molar-refractivity contribution < 1.29 is 4.74 Å². The highest BCUT2D eigenvalue weighted by molar-refractivity contribution is 9.10. The van der Waals surface area contributed by atoms with E-state index in [1.54, 1.807) is 19.4 Å². The van der Waals surface area contributed by atoms with Crippen molar-refractivity contribution in [1.29, 1.82) is 0 Å². The molecule has 1 heterocycles. The number of nitrogens with one attached hydrogen (secondary N) is 1. The van der Waals surface area contributed by atoms with Gasteiger partial charge in [-0.05, 0) is 40.2 Å². The second kappa shape index (κ2) is 5.68. The van der Waals surface area contributed by atoms with Gasteiger partial charge in [-0.25, -0.2) is 9.97 Å². The number of ether oxygens (including phenoxy) is 1. The van der Waals surface area contributed by atoms with Crippen molar-refractivity contribution in [2.24, 2.45) is 0 Å². The second-order valence-corrected chi connectivity index (χ2v) is 4.45. The summed E-state index contributed by atoms with van der Waals surface area (Å²) in [6, 6.07) is 7.40. The van der Waals surface area contributed by atoms with E-state index in [0.29, 0.717) is 18.2 Å². The smallest absolute Gasteiger partial charge is 0.149 e. The Morgan fingerprint density at radius 2 is 2.22 bits per heavy atom. The molecule has 94 valence electrons. The number of anilines is 2. The lowest BCUT2D eigenvalue weighted by Crippen LogP contribution is -2.05. The van der Waals surface area contributed by atoms with Gasteiger partial charge in [0.1, 0.15) is 17.4 Å². The molecule has 1 aromatic carbocycles. The van der Waals surface area contributed by atoms with Crippen molar-refractivity contribution in [1.82, 2.24) is 9.97 Å². The van der Waals surface area contributed by atoms with E-state index in [-0.39, 0.29) is 0 Å². The molecular formula is C12H13BrN4O. The van der Waals surface area contributed by atoms with E-state index in [4.69, 9.17) is 10.5 Å². The molecule has 0 aliphatic carbocycles. The molecule has 0 aliphatic heterocycles. The lowest BCUT2D eigenvalue weighted by Gasteiger charge is -2.08. The molecule has 0 saturated carbocycles. The van der Waals surface area contributed by atoms with Gasteiger partial charge in [0, 0.05) is 11.9 Å². The SMILES string of the molecule is COc1ccc(NCc2nccc(N)n2)cc1Br. The van der Waals surface area contributed by atoms with Crippen molar-refractivity contribution in [2.45, 2.75) is 6.54 Å². The van der Waals surface area contributed by atoms with Crippen LogP contribution in [0.1, 0.15) is 5.82 Å². The zero-order valence-electron chi connectivity index (χ0n) is 9.85. The molecule has 2 aromatic rings. The summed E-state index contributed by atoms with van der Waals surface area (Å²) >= 11 is 3.43. The number of benzene rings is 1. The molecule has 0 fully saturated rings. The number of nitrogens with zero attached hydrogens (tertiary/aromatic N) is 2. The summed E-state index contributed by atoms with van der Waals surface area (Å²) in [5, 5.41) is 3.21. The highest BCUT2D eigenvalue weighted by atomic mass is 79.9. The third-order valence-electron chi connectivity index (χ3n) is 2.33. The second-order valence-electron chi connectivity index (χ2n) is 3.60. The third kappa shape index (κ3) is 3.10. The number of halogens is 1. The topological polar surface area (TPSA) is 73.1 Å². The molecule has 5 nitrogen and oxygen atoms in total. The van der Waals surface area contributed by atoms with E-state index in [9.17, 15) is 0 Å². The van der Waals surface area contributed by atoms with Crippen molar-refractivity contribution in [3.63, 3.8) is 0 Å². The van der Waals surface area contributed by atoms with Crippen LogP contribution in [0.4, 0.5) is 11.5 Å². The van der Waals surface area contributed by atoms with Gasteiger partial charge in [-0.2, -0.15) is 0 Å². The fourth-order valence-electron chi connectivity index (χ4n) is 1.46. The highest BCUT2D eigenvalue weighted by Crippen LogP contribution is 2.27. The molecule has 3 N–H and O–H groups in total. The molecular weight excluding hydrogens is 296 g/mol. The minimum absolute atomic E-state index is 0.470. The average Bonchev–Trinajstić information content (AvgIpc) is 2.37. The lowest BCUT2D eigenvalue weighted by molar-refractivity contribution is 0.412. The Hall–Kier alpha value is -1.82. The van der Waals surface area contributed by atoms with Gasteiger partial charge in [0.2, 0.25) is 0 Å². The first-order valence-electron chi connectivity index (χ1n) is 5.34. The predicted molar refractivity (Wildman–Crippen MR) is 74.5 cm³/mol. The molecule has 0 radical (unpaired) electrons. The minimum atomic E-state index is 0.470. The van der Waals surface area contributed by atoms with Crippen LogP contribution in [-0.4, -0.2) is 17.1 Å². The van der Waals surface area contributed by atoms with Crippen molar-refractivity contribution in [3.8, 4) is 5.75 Å². The molecule has 2 rings (SSSR count). The summed E-state index contributed by atoms with van der Waals surface area (Å²) in [4.78, 5) is 8.23. The first kappa shape index (κ1) is 12.6. The number of aromatic nitrogens is 2. The summed E-state index contributed by atoms with van der Waals surface area (Å²) in [5.41, 5.74) is 6.54. The average molecular weight is 309 g/mol. The standard InChI is InChI=1S/C12H13BrN4O/c1-18-10-3-2-8(6-9(10)13)16-7-12-15-5-4-11(14)17-12/h2-6,16H,7H2,1H3,(H2,14,15,17). The van der Waals surface area contributed by atoms with E-state index >= 15 is 0 Å². The van der Waals surface area contributed by atoms with E-state index in [1.807, 2.05) is 18.2 Å². The molecule has 0 amide bonds. The first-order chi connectivity index (χ1) is 8.69. The maximum atomic E-state index is 5.59. The summed E-state index contributed by atoms with van der Waals surface area (Å²) in [6.07, 6.45) is 1.64. The number of nitrogens with two attached hydrogens (primary N) is 1. The zero-order valence-corrected chi connectivity index (χ0v) is 11.4. The predicted octanol–water partition coefficient (Wildman–Crippen LogP) is 2.44. The van der Waals surface area contributed by atoms with Crippen molar-refractivity contribution in [3.05, 3.63) is 40.8 Å². The van der Waals surface area contributed by atoms with Gasteiger partial charge in [-0.1, -0.05) is 0 Å². The Bertz CT molecular complexity index is 547. The molecule has 0 aliphatic rings. The summed E-state index contributed by atoms with van der Waals surface area (Å²) in [6.45, 7) is 0.518. The number of hydrogen-bond acceptors (Lipinski definition) is 5. The van der Waals surface area contributed by atoms with Gasteiger partial charge >= 0.3 is 0 Å². The summed E-state index contributed by atoms with van der Waals surface area (Å²) in [7, 11) is 1.63. The number of rotatable bonds is 4. The molecule has 0 atom stereocenters. The van der Waals surface area contributed by atoms with Gasteiger partial charge in [0.15, 0.2) is 0 Å². The lowest BCUT2D eigenvalue weighted by atomic mass is 10.3. The fraction of sp³-hybridized carbons (Fsp3) is 0.167. The van der Waals surface area contributed by atoms with Gasteiger partial charge in [0.25, 0.3) is 0 Å². The zero-order chi connectivity index (χ0) is 13.0. The number of methoxy groups -OCH3 is 1. The molecule has 1 aromatic heterocycles. The van der Waals surface area contributed by atoms with E-state index in [0.717, 1.165) is 15.9 Å². The van der Waals surface area contributed by atoms with Crippen LogP contribution >= 0.6 is 15.9 Å². The normalized spacial score (nSPS) is 10.1. The molecule has 0 unspecified atom stereocenters. The van der Waals surface area contributed by atoms with Crippen molar-refractivity contribution >= 4 is 27.4 Å². The first-order valence-corrected chi connectivity index (χ1v) is 6.13. The Labute approximate surface area is 114 Å². The van der Waals surface area contributed by atoms with Crippen LogP contribution in [0.5, 0.6) is 5.75 Å². The van der Waals surface area contributed by atoms with E-state index in [1.165, 1.54) is 0 Å². The molecule has 0 spiro atoms. The number of nitrogen functional groups attached to an aromatic ring is 1. The Morgan fingerprint density at radius 1 is 1.39 bits per heavy atom. The summed E-state index contributed by atoms with van der Waals surface area (Å²) < 4.78 is 6.05. The molecule has 6 heteroatoms. The Balaban J connectivity index is 2.04.